The van der Waals surface area contributed by atoms with Gasteiger partial charge in [0.25, 0.3) is 5.91 Å². The van der Waals surface area contributed by atoms with Crippen LogP contribution in [-0.2, 0) is 6.54 Å². The van der Waals surface area contributed by atoms with Crippen molar-refractivity contribution in [3.63, 3.8) is 0 Å². The fraction of sp³-hybridized carbons (Fsp3) is 0.154. The van der Waals surface area contributed by atoms with Gasteiger partial charge in [-0.05, 0) is 71.1 Å². The number of rotatable bonds is 5. The number of phenolic OH excluding ortho intramolecular Hbond substituents is 1. The van der Waals surface area contributed by atoms with Gasteiger partial charge in [-0.1, -0.05) is 24.3 Å². The maximum absolute atomic E-state index is 13.6. The summed E-state index contributed by atoms with van der Waals surface area (Å²) in [5.74, 6) is 0.944. The molecule has 0 fully saturated rings. The summed E-state index contributed by atoms with van der Waals surface area (Å²) in [7, 11) is 1.64. The van der Waals surface area contributed by atoms with Crippen molar-refractivity contribution < 1.29 is 14.6 Å². The van der Waals surface area contributed by atoms with Crippen molar-refractivity contribution in [3.05, 3.63) is 89.7 Å². The molecule has 0 saturated carbocycles. The van der Waals surface area contributed by atoms with E-state index >= 15 is 0 Å². The summed E-state index contributed by atoms with van der Waals surface area (Å²) >= 11 is 0. The number of aromatic amines is 1. The molecule has 4 aromatic rings. The summed E-state index contributed by atoms with van der Waals surface area (Å²) in [6.45, 7) is 2.52. The molecule has 160 valence electrons. The van der Waals surface area contributed by atoms with Crippen molar-refractivity contribution in [3.8, 4) is 33.8 Å². The zero-order chi connectivity index (χ0) is 22.2. The van der Waals surface area contributed by atoms with Gasteiger partial charge in [-0.2, -0.15) is 5.10 Å². The highest BCUT2D eigenvalue weighted by Crippen LogP contribution is 2.40. The van der Waals surface area contributed by atoms with E-state index in [1.165, 1.54) is 0 Å². The Hall–Kier alpha value is -4.06. The SMILES string of the molecule is COc1cccc([C@@H](C)N2Cc3c(cc(-c4cn[nH]c4)cc3-c3cccc(O)c3)C2=O)c1. The Labute approximate surface area is 186 Å². The summed E-state index contributed by atoms with van der Waals surface area (Å²) in [5, 5.41) is 17.0. The molecule has 1 atom stereocenters. The zero-order valence-electron chi connectivity index (χ0n) is 17.9. The van der Waals surface area contributed by atoms with Gasteiger partial charge in [0.1, 0.15) is 11.5 Å². The van der Waals surface area contributed by atoms with Crippen molar-refractivity contribution in [1.29, 1.82) is 0 Å². The van der Waals surface area contributed by atoms with Crippen LogP contribution in [0.1, 0.15) is 34.5 Å². The van der Waals surface area contributed by atoms with Crippen LogP contribution in [0.2, 0.25) is 0 Å². The molecular formula is C26H23N3O3. The number of H-pyrrole nitrogens is 1. The van der Waals surface area contributed by atoms with Gasteiger partial charge < -0.3 is 14.7 Å². The highest BCUT2D eigenvalue weighted by molar-refractivity contribution is 6.02. The second-order valence-electron chi connectivity index (χ2n) is 7.97. The lowest BCUT2D eigenvalue weighted by Gasteiger charge is -2.25. The number of benzene rings is 3. The van der Waals surface area contributed by atoms with Gasteiger partial charge in [0, 0.05) is 23.9 Å². The zero-order valence-corrected chi connectivity index (χ0v) is 17.9. The topological polar surface area (TPSA) is 78.4 Å². The number of hydrogen-bond donors (Lipinski definition) is 2. The number of carbonyl (C=O) groups is 1. The molecule has 0 unspecified atom stereocenters. The van der Waals surface area contributed by atoms with E-state index in [4.69, 9.17) is 4.74 Å². The van der Waals surface area contributed by atoms with Crippen LogP contribution >= 0.6 is 0 Å². The minimum Gasteiger partial charge on any atom is -0.508 e. The van der Waals surface area contributed by atoms with Gasteiger partial charge in [0.05, 0.1) is 19.3 Å². The van der Waals surface area contributed by atoms with Gasteiger partial charge in [0.15, 0.2) is 0 Å². The molecule has 0 spiro atoms. The molecular weight excluding hydrogens is 402 g/mol. The van der Waals surface area contributed by atoms with E-state index in [9.17, 15) is 9.90 Å². The lowest BCUT2D eigenvalue weighted by atomic mass is 9.92. The molecule has 1 aromatic heterocycles. The number of carbonyl (C=O) groups excluding carboxylic acids is 1. The van der Waals surface area contributed by atoms with Crippen molar-refractivity contribution in [2.24, 2.45) is 0 Å². The second-order valence-corrected chi connectivity index (χ2v) is 7.97. The summed E-state index contributed by atoms with van der Waals surface area (Å²) in [5.41, 5.74) is 6.26. The fourth-order valence-electron chi connectivity index (χ4n) is 4.33. The molecule has 2 N–H and O–H groups in total. The number of aromatic hydroxyl groups is 1. The van der Waals surface area contributed by atoms with Crippen molar-refractivity contribution in [1.82, 2.24) is 15.1 Å². The van der Waals surface area contributed by atoms with Crippen LogP contribution in [0.15, 0.2) is 73.1 Å². The van der Waals surface area contributed by atoms with Gasteiger partial charge in [0.2, 0.25) is 0 Å². The number of amides is 1. The molecule has 1 aliphatic rings. The van der Waals surface area contributed by atoms with Gasteiger partial charge >= 0.3 is 0 Å². The molecule has 2 heterocycles. The fourth-order valence-corrected chi connectivity index (χ4v) is 4.33. The standard InChI is InChI=1S/C26H23N3O3/c1-16(17-5-4-8-22(10-17)32-2)29-15-25-23(18-6-3-7-21(30)9-18)11-19(12-24(25)26(29)31)20-13-27-28-14-20/h3-14,16,30H,15H2,1-2H3,(H,27,28)/t16-/m1/s1. The monoisotopic (exact) mass is 425 g/mol. The van der Waals surface area contributed by atoms with Crippen LogP contribution < -0.4 is 4.74 Å². The first-order chi connectivity index (χ1) is 15.5. The third-order valence-electron chi connectivity index (χ3n) is 6.10. The Bertz CT molecular complexity index is 1300. The third-order valence-corrected chi connectivity index (χ3v) is 6.10. The van der Waals surface area contributed by atoms with Crippen molar-refractivity contribution in [2.75, 3.05) is 7.11 Å². The lowest BCUT2D eigenvalue weighted by Crippen LogP contribution is -2.27. The molecule has 5 rings (SSSR count). The molecule has 1 aliphatic heterocycles. The number of aromatic nitrogens is 2. The normalized spacial score (nSPS) is 13.8. The Morgan fingerprint density at radius 1 is 1.03 bits per heavy atom. The Morgan fingerprint density at radius 3 is 2.59 bits per heavy atom. The summed E-state index contributed by atoms with van der Waals surface area (Å²) in [6.07, 6.45) is 3.55. The average Bonchev–Trinajstić information content (AvgIpc) is 3.47. The molecule has 0 radical (unpaired) electrons. The van der Waals surface area contributed by atoms with E-state index in [0.29, 0.717) is 12.1 Å². The van der Waals surface area contributed by atoms with E-state index in [1.807, 2.05) is 60.5 Å². The predicted octanol–water partition coefficient (Wildman–Crippen LogP) is 5.17. The Morgan fingerprint density at radius 2 is 1.84 bits per heavy atom. The molecule has 6 nitrogen and oxygen atoms in total. The van der Waals surface area contributed by atoms with Gasteiger partial charge in [-0.25, -0.2) is 0 Å². The predicted molar refractivity (Wildman–Crippen MR) is 122 cm³/mol. The number of nitrogens with one attached hydrogen (secondary N) is 1. The average molecular weight is 425 g/mol. The minimum absolute atomic E-state index is 0.0120. The third kappa shape index (κ3) is 3.39. The maximum Gasteiger partial charge on any atom is 0.255 e. The van der Waals surface area contributed by atoms with Gasteiger partial charge in [-0.3, -0.25) is 9.89 Å². The highest BCUT2D eigenvalue weighted by Gasteiger charge is 2.34. The molecule has 0 saturated heterocycles. The largest absolute Gasteiger partial charge is 0.508 e. The van der Waals surface area contributed by atoms with E-state index in [2.05, 4.69) is 16.3 Å². The van der Waals surface area contributed by atoms with E-state index in [0.717, 1.165) is 39.1 Å². The van der Waals surface area contributed by atoms with Crippen LogP contribution in [0, 0.1) is 0 Å². The number of methoxy groups -OCH3 is 1. The van der Waals surface area contributed by atoms with Crippen LogP contribution in [0.3, 0.4) is 0 Å². The van der Waals surface area contributed by atoms with Crippen LogP contribution in [-0.4, -0.2) is 33.2 Å². The van der Waals surface area contributed by atoms with E-state index in [-0.39, 0.29) is 17.7 Å². The number of phenols is 1. The smallest absolute Gasteiger partial charge is 0.255 e. The number of nitrogens with zero attached hydrogens (tertiary/aromatic N) is 2. The van der Waals surface area contributed by atoms with Crippen molar-refractivity contribution in [2.45, 2.75) is 19.5 Å². The van der Waals surface area contributed by atoms with Crippen LogP contribution in [0.25, 0.3) is 22.3 Å². The van der Waals surface area contributed by atoms with Crippen LogP contribution in [0.4, 0.5) is 0 Å². The van der Waals surface area contributed by atoms with Crippen molar-refractivity contribution >= 4 is 5.91 Å². The summed E-state index contributed by atoms with van der Waals surface area (Å²) < 4.78 is 5.37. The van der Waals surface area contributed by atoms with Crippen LogP contribution in [0.5, 0.6) is 11.5 Å². The first-order valence-electron chi connectivity index (χ1n) is 10.5. The molecule has 32 heavy (non-hydrogen) atoms. The first kappa shape index (κ1) is 19.9. The molecule has 6 heteroatoms. The summed E-state index contributed by atoms with van der Waals surface area (Å²) in [6, 6.07) is 18.8. The molecule has 0 aliphatic carbocycles. The number of hydrogen-bond acceptors (Lipinski definition) is 4. The quantitative estimate of drug-likeness (QED) is 0.462. The Kier molecular flexibility index (Phi) is 4.90. The highest BCUT2D eigenvalue weighted by atomic mass is 16.5. The maximum atomic E-state index is 13.6. The molecule has 0 bridgehead atoms. The van der Waals surface area contributed by atoms with Gasteiger partial charge in [-0.15, -0.1) is 0 Å². The minimum atomic E-state index is -0.126. The Balaban J connectivity index is 1.61. The van der Waals surface area contributed by atoms with E-state index < -0.39 is 0 Å². The number of fused-ring (bicyclic) bond motifs is 1. The van der Waals surface area contributed by atoms with E-state index in [1.54, 1.807) is 25.4 Å². The molecule has 3 aromatic carbocycles. The molecule has 1 amide bonds. The lowest BCUT2D eigenvalue weighted by molar-refractivity contribution is 0.0715. The summed E-state index contributed by atoms with van der Waals surface area (Å²) in [4.78, 5) is 15.4. The first-order valence-corrected chi connectivity index (χ1v) is 10.5. The number of ether oxygens (including phenoxy) is 1. The second kappa shape index (κ2) is 7.89.